The minimum absolute atomic E-state index is 0.0169. The van der Waals surface area contributed by atoms with Crippen LogP contribution in [0.15, 0.2) is 301 Å². The van der Waals surface area contributed by atoms with Crippen molar-refractivity contribution in [2.24, 2.45) is 5.41 Å². The molecule has 0 aliphatic heterocycles. The molecule has 20 rings (SSSR count). The fraction of sp³-hybridized carbons (Fsp3) is 0.224. The molecule has 0 saturated heterocycles. The Balaban J connectivity index is 0.000000135. The molecule has 146 heavy (non-hydrogen) atoms. The maximum Gasteiger partial charge on any atom is 0.273 e. The monoisotopic (exact) mass is 2120 g/mol. The van der Waals surface area contributed by atoms with Gasteiger partial charge in [-0.25, -0.2) is 51.6 Å². The molecule has 0 atom stereocenters. The van der Waals surface area contributed by atoms with Gasteiger partial charge in [0.15, 0.2) is 23.1 Å². The molecule has 6 aliphatic rings. The zero-order valence-electron chi connectivity index (χ0n) is 81.3. The van der Waals surface area contributed by atoms with E-state index in [4.69, 9.17) is 9.47 Å². The summed E-state index contributed by atoms with van der Waals surface area (Å²) >= 11 is 5.22. The summed E-state index contributed by atoms with van der Waals surface area (Å²) in [5.74, 6) is -1.38. The number of ether oxygens (including phenoxy) is 2. The predicted octanol–water partition coefficient (Wildman–Crippen LogP) is 30.0. The summed E-state index contributed by atoms with van der Waals surface area (Å²) in [6.07, 6.45) is 18.7. The van der Waals surface area contributed by atoms with Gasteiger partial charge in [0.2, 0.25) is 30.1 Å². The number of allylic oxidation sites excluding steroid dienone is 6. The van der Waals surface area contributed by atoms with E-state index in [2.05, 4.69) is 130 Å². The van der Waals surface area contributed by atoms with Crippen LogP contribution in [0.5, 0.6) is 17.2 Å². The predicted molar refractivity (Wildman–Crippen MR) is 574 cm³/mol. The van der Waals surface area contributed by atoms with E-state index in [0.717, 1.165) is 136 Å². The number of para-hydroxylation sites is 1. The topological polar surface area (TPSA) is 277 Å². The van der Waals surface area contributed by atoms with Crippen LogP contribution in [-0.2, 0) is 47.7 Å². The van der Waals surface area contributed by atoms with Crippen molar-refractivity contribution in [3.63, 3.8) is 0 Å². The molecule has 0 unspecified atom stereocenters. The number of nitrogens with one attached hydrogen (secondary N) is 3. The number of benzene rings is 13. The highest BCUT2D eigenvalue weighted by atomic mass is 79.9. The lowest BCUT2D eigenvalue weighted by molar-refractivity contribution is -0.385. The van der Waals surface area contributed by atoms with Gasteiger partial charge in [0, 0.05) is 59.0 Å². The zero-order chi connectivity index (χ0) is 104. The Bertz CT molecular complexity index is 7400. The minimum atomic E-state index is -3.53. The van der Waals surface area contributed by atoms with E-state index in [1.54, 1.807) is 90.2 Å². The number of ketones is 2. The smallest absolute Gasteiger partial charge is 0.273 e. The number of carbonyl (C=O) groups is 2. The van der Waals surface area contributed by atoms with Crippen molar-refractivity contribution < 1.29 is 80.5 Å². The first kappa shape index (κ1) is 108. The van der Waals surface area contributed by atoms with Crippen LogP contribution in [0, 0.1) is 88.2 Å². The summed E-state index contributed by atoms with van der Waals surface area (Å²) in [5.41, 5.74) is 25.7. The highest BCUT2D eigenvalue weighted by molar-refractivity contribution is 9.11. The summed E-state index contributed by atoms with van der Waals surface area (Å²) in [4.78, 5) is 45.8. The van der Waals surface area contributed by atoms with E-state index in [-0.39, 0.29) is 87.2 Å². The number of hydrogen-bond acceptors (Lipinski definition) is 15. The van der Waals surface area contributed by atoms with Crippen LogP contribution < -0.4 is 23.6 Å². The molecule has 0 bridgehead atoms. The molecule has 754 valence electrons. The van der Waals surface area contributed by atoms with E-state index >= 15 is 0 Å². The van der Waals surface area contributed by atoms with Crippen molar-refractivity contribution in [1.82, 2.24) is 0 Å². The first-order valence-corrected chi connectivity index (χ1v) is 54.7. The van der Waals surface area contributed by atoms with E-state index in [9.17, 15) is 81.4 Å². The number of fused-ring (bicyclic) bond motifs is 1. The molecule has 2 saturated carbocycles. The molecule has 1 aromatic heterocycles. The summed E-state index contributed by atoms with van der Waals surface area (Å²) in [6.45, 7) is 8.34. The molecule has 1 heterocycles. The number of nitrogens with zero attached hydrogens (tertiary/aromatic N) is 2. The van der Waals surface area contributed by atoms with Crippen molar-refractivity contribution in [1.29, 1.82) is 0 Å². The second-order valence-electron chi connectivity index (χ2n) is 37.0. The number of aryl methyl sites for hydroxylation is 5. The number of halogens is 7. The minimum Gasteiger partial charge on any atom is -0.488 e. The molecule has 0 radical (unpaired) electrons. The van der Waals surface area contributed by atoms with Crippen LogP contribution in [0.1, 0.15) is 179 Å². The molecule has 30 heteroatoms. The lowest BCUT2D eigenvalue weighted by Gasteiger charge is -2.24. The summed E-state index contributed by atoms with van der Waals surface area (Å²) in [5, 5.41) is 21.7. The van der Waals surface area contributed by atoms with Crippen molar-refractivity contribution in [2.45, 2.75) is 143 Å². The largest absolute Gasteiger partial charge is 0.488 e. The average molecular weight is 2120 g/mol. The Morgan fingerprint density at radius 2 is 0.801 bits per heavy atom. The van der Waals surface area contributed by atoms with Gasteiger partial charge >= 0.3 is 0 Å². The first-order valence-electron chi connectivity index (χ1n) is 47.4. The average Bonchev–Trinajstić information content (AvgIpc) is 1.58. The summed E-state index contributed by atoms with van der Waals surface area (Å²) in [7, 11) is -10.5. The number of nitro benzene ring substituents is 2. The molecule has 2 fully saturated rings. The number of anilines is 3. The van der Waals surface area contributed by atoms with E-state index in [0.29, 0.717) is 47.2 Å². The van der Waals surface area contributed by atoms with E-state index in [1.807, 2.05) is 67.6 Å². The number of rotatable bonds is 22. The Kier molecular flexibility index (Phi) is 35.5. The van der Waals surface area contributed by atoms with Crippen LogP contribution in [0.3, 0.4) is 0 Å². The molecule has 14 aromatic rings. The van der Waals surface area contributed by atoms with Gasteiger partial charge in [0.1, 0.15) is 40.7 Å². The van der Waals surface area contributed by atoms with Gasteiger partial charge in [-0.3, -0.25) is 44.0 Å². The highest BCUT2D eigenvalue weighted by Crippen LogP contribution is 2.63. The summed E-state index contributed by atoms with van der Waals surface area (Å²) in [6, 6.07) is 85.6. The number of hydrogen-bond donors (Lipinski definition) is 3. The number of thiophene rings is 1. The number of nitro groups is 2. The third-order valence-electron chi connectivity index (χ3n) is 25.4. The normalized spacial score (nSPS) is 14.5. The maximum absolute atomic E-state index is 13.9. The van der Waals surface area contributed by atoms with Crippen LogP contribution in [-0.4, -0.2) is 71.5 Å². The molecule has 0 amide bonds. The fourth-order valence-electron chi connectivity index (χ4n) is 17.9. The van der Waals surface area contributed by atoms with Gasteiger partial charge in [0.25, 0.3) is 11.4 Å². The van der Waals surface area contributed by atoms with Crippen molar-refractivity contribution in [3.8, 4) is 38.8 Å². The summed E-state index contributed by atoms with van der Waals surface area (Å²) < 4.78 is 167. The Morgan fingerprint density at radius 1 is 0.390 bits per heavy atom. The number of sulfonamides is 3. The number of carbonyl (C=O) groups excluding carboxylic acids is 2. The Morgan fingerprint density at radius 3 is 1.26 bits per heavy atom. The SMILES string of the molecule is CS(=O)(=O)Nc1cc2c(cc1Cc1ccc(F)cc1F)C(=O)CC2.CS(=O)(=O)Nc1ccc([N+](=O)[O-])cc1OC1CCCCC1.CS(=O)(=O)Nc1ccc([N+](=O)[O-])cc1Oc1ccccc1.Cc1ccc(-c2cc(Br)sc2-c2ccc(F)cc2)cc1.Cc1ccc(C2=C(c3ccc(F)cc3)C(=O)CC2)cc1.Cc1ccc(C2=C(c3ccc(F)cc3)CC3(CC3)C2)cc1.Cc1ccc(C2=C(c3ccc(F)cc3)CCC2)cc1. The lowest BCUT2D eigenvalue weighted by Crippen LogP contribution is -2.21. The van der Waals surface area contributed by atoms with Crippen molar-refractivity contribution in [3.05, 3.63) is 434 Å². The standard InChI is InChI=1S/C20H19F.C18H15FO.C18H17F.C17H12BrFS.C17H15F2NO3S.C13H18N2O5S.C13H12N2O5S/c1-14-2-4-15(5-3-14)18-12-20(10-11-20)13-19(18)16-6-8-17(21)9-7-16;1-12-2-4-13(5-3-12)16-10-11-17(20)18(16)14-6-8-15(19)9-7-14;1-13-5-7-14(8-6-13)17-3-2-4-18(17)15-9-11-16(19)12-10-15;1-11-2-4-12(5-3-11)15-10-16(18)20-17(15)13-6-8-14(19)9-7-13;1-24(22,23)20-16-8-10-3-5-17(21)14(10)7-12(16)6-11-2-4-13(18)9-15(11)19;2*1-21(18,19)14-12-8-7-10(15(16)17)9-13(12)20-11-5-3-2-4-6-11/h2-9H,10-13H2,1H3;2-9H,10-11H2,1H3;5-12H,2-4H2,1H3;2-10H,1H3;2,4,7-9,20H,3,5-6H2,1H3;7-9,11,14H,2-6H2,1H3;2-9,14H,1H3. The lowest BCUT2D eigenvalue weighted by atomic mass is 9.96. The van der Waals surface area contributed by atoms with E-state index < -0.39 is 51.6 Å². The second kappa shape index (κ2) is 48.2. The zero-order valence-corrected chi connectivity index (χ0v) is 86.1. The van der Waals surface area contributed by atoms with Gasteiger partial charge < -0.3 is 9.47 Å². The van der Waals surface area contributed by atoms with Gasteiger partial charge in [-0.2, -0.15) is 0 Å². The molecule has 1 spiro atoms. The quantitative estimate of drug-likeness (QED) is 0.0323. The van der Waals surface area contributed by atoms with Crippen LogP contribution in [0.4, 0.5) is 54.8 Å². The molecule has 19 nitrogen and oxygen atoms in total. The van der Waals surface area contributed by atoms with Gasteiger partial charge in [0.05, 0.1) is 67.7 Å². The van der Waals surface area contributed by atoms with Crippen molar-refractivity contribution >= 4 is 131 Å². The maximum atomic E-state index is 13.9. The molecule has 13 aromatic carbocycles. The molecular formula is C116H108BrF6N5O14S4. The molecular weight excluding hydrogens is 2010 g/mol. The second-order valence-corrected chi connectivity index (χ2v) is 44.7. The van der Waals surface area contributed by atoms with Crippen LogP contribution >= 0.6 is 27.3 Å². The Labute approximate surface area is 859 Å². The van der Waals surface area contributed by atoms with Crippen LogP contribution in [0.25, 0.3) is 55.0 Å². The third-order valence-corrected chi connectivity index (χ3v) is 28.9. The van der Waals surface area contributed by atoms with Crippen molar-refractivity contribution in [2.75, 3.05) is 32.9 Å². The number of Topliss-reactive ketones (excluding diaryl/α,β-unsaturated/α-hetero) is 2. The Hall–Kier alpha value is -14.2. The third kappa shape index (κ3) is 30.3. The molecule has 3 N–H and O–H groups in total. The fourth-order valence-corrected chi connectivity index (χ4v) is 21.3. The van der Waals surface area contributed by atoms with Crippen LogP contribution in [0.2, 0.25) is 0 Å². The van der Waals surface area contributed by atoms with Gasteiger partial charge in [-0.15, -0.1) is 11.3 Å². The van der Waals surface area contributed by atoms with E-state index in [1.165, 1.54) is 165 Å². The van der Waals surface area contributed by atoms with Gasteiger partial charge in [-0.05, 0) is 319 Å². The molecule has 6 aliphatic carbocycles. The highest BCUT2D eigenvalue weighted by Gasteiger charge is 2.48. The van der Waals surface area contributed by atoms with Gasteiger partial charge in [-0.1, -0.05) is 199 Å². The first-order chi connectivity index (χ1) is 69.6. The number of non-ortho nitro benzene ring substituents is 2.